The minimum absolute atomic E-state index is 0.0772. The van der Waals surface area contributed by atoms with E-state index in [-0.39, 0.29) is 11.2 Å². The van der Waals surface area contributed by atoms with Crippen LogP contribution >= 0.6 is 0 Å². The van der Waals surface area contributed by atoms with Gasteiger partial charge in [0.25, 0.3) is 0 Å². The summed E-state index contributed by atoms with van der Waals surface area (Å²) in [6, 6.07) is 4.44. The zero-order valence-corrected chi connectivity index (χ0v) is 10.1. The lowest BCUT2D eigenvalue weighted by molar-refractivity contribution is 0.322. The van der Waals surface area contributed by atoms with Crippen LogP contribution in [0.4, 0.5) is 4.39 Å². The Balaban J connectivity index is 2.19. The number of aromatic amines is 1. The maximum atomic E-state index is 13.7. The van der Waals surface area contributed by atoms with Crippen LogP contribution in [0, 0.1) is 5.82 Å². The average molecular weight is 247 g/mol. The van der Waals surface area contributed by atoms with Gasteiger partial charge in [-0.05, 0) is 31.7 Å². The molecule has 1 aromatic carbocycles. The van der Waals surface area contributed by atoms with Crippen LogP contribution in [0.1, 0.15) is 31.4 Å². The number of fused-ring (bicyclic) bond motifs is 1. The zero-order chi connectivity index (χ0) is 12.7. The fourth-order valence-corrected chi connectivity index (χ4v) is 2.15. The number of hydrogen-bond acceptors (Lipinski definition) is 2. The third kappa shape index (κ3) is 1.88. The van der Waals surface area contributed by atoms with Crippen molar-refractivity contribution in [2.24, 2.45) is 0 Å². The maximum absolute atomic E-state index is 13.7. The van der Waals surface area contributed by atoms with Gasteiger partial charge in [-0.25, -0.2) is 4.39 Å². The van der Waals surface area contributed by atoms with Crippen LogP contribution in [0.3, 0.4) is 0 Å². The third-order valence-corrected chi connectivity index (χ3v) is 3.22. The maximum Gasteiger partial charge on any atom is 0.189 e. The van der Waals surface area contributed by atoms with E-state index in [0.29, 0.717) is 23.4 Å². The molecule has 1 aliphatic rings. The van der Waals surface area contributed by atoms with Gasteiger partial charge in [0.1, 0.15) is 0 Å². The number of H-pyrrole nitrogens is 1. The van der Waals surface area contributed by atoms with Gasteiger partial charge >= 0.3 is 0 Å². The Morgan fingerprint density at radius 2 is 2.17 bits per heavy atom. The number of nitrogens with one attached hydrogen (secondary N) is 1. The van der Waals surface area contributed by atoms with E-state index in [1.807, 2.05) is 0 Å². The minimum atomic E-state index is -0.437. The predicted octanol–water partition coefficient (Wildman–Crippen LogP) is 2.94. The van der Waals surface area contributed by atoms with Gasteiger partial charge in [-0.3, -0.25) is 4.79 Å². The van der Waals surface area contributed by atoms with Crippen molar-refractivity contribution in [2.45, 2.75) is 25.7 Å². The highest BCUT2D eigenvalue weighted by atomic mass is 19.1. The molecule has 0 spiro atoms. The highest BCUT2D eigenvalue weighted by Gasteiger charge is 2.25. The molecule has 0 saturated heterocycles. The molecular weight excluding hydrogens is 233 g/mol. The van der Waals surface area contributed by atoms with Gasteiger partial charge in [0.15, 0.2) is 17.0 Å². The molecule has 3 nitrogen and oxygen atoms in total. The molecule has 1 aromatic heterocycles. The molecule has 1 saturated carbocycles. The molecule has 3 rings (SSSR count). The minimum Gasteiger partial charge on any atom is -0.491 e. The Kier molecular flexibility index (Phi) is 2.58. The van der Waals surface area contributed by atoms with E-state index in [1.165, 1.54) is 12.1 Å². The molecule has 2 aromatic rings. The number of rotatable bonds is 3. The van der Waals surface area contributed by atoms with Gasteiger partial charge in [0.2, 0.25) is 0 Å². The van der Waals surface area contributed by atoms with E-state index >= 15 is 0 Å². The van der Waals surface area contributed by atoms with Crippen molar-refractivity contribution in [3.05, 3.63) is 39.9 Å². The van der Waals surface area contributed by atoms with Gasteiger partial charge in [-0.2, -0.15) is 0 Å². The van der Waals surface area contributed by atoms with Gasteiger partial charge in [0.05, 0.1) is 12.1 Å². The van der Waals surface area contributed by atoms with Crippen LogP contribution in [-0.2, 0) is 0 Å². The second-order valence-corrected chi connectivity index (χ2v) is 4.62. The number of benzene rings is 1. The number of aromatic nitrogens is 1. The first kappa shape index (κ1) is 11.3. The standard InChI is InChI=1S/C14H14FNO2/c1-2-18-14-5-9-12(6-10(14)15)16-11(7-13(9)17)8-3-4-8/h5-8H,2-4H2,1H3,(H,16,17). The monoisotopic (exact) mass is 247 g/mol. The molecule has 0 aliphatic heterocycles. The van der Waals surface area contributed by atoms with Gasteiger partial charge in [-0.15, -0.1) is 0 Å². The number of pyridine rings is 1. The van der Waals surface area contributed by atoms with Crippen molar-refractivity contribution in [3.63, 3.8) is 0 Å². The van der Waals surface area contributed by atoms with Gasteiger partial charge < -0.3 is 9.72 Å². The van der Waals surface area contributed by atoms with Crippen molar-refractivity contribution in [2.75, 3.05) is 6.61 Å². The summed E-state index contributed by atoms with van der Waals surface area (Å²) in [5.74, 6) is 0.138. The van der Waals surface area contributed by atoms with E-state index in [4.69, 9.17) is 4.74 Å². The average Bonchev–Trinajstić information content (AvgIpc) is 3.15. The van der Waals surface area contributed by atoms with E-state index in [1.54, 1.807) is 13.0 Å². The summed E-state index contributed by atoms with van der Waals surface area (Å²) in [4.78, 5) is 15.1. The summed E-state index contributed by atoms with van der Waals surface area (Å²) < 4.78 is 18.9. The second kappa shape index (κ2) is 4.12. The molecule has 0 radical (unpaired) electrons. The fraction of sp³-hybridized carbons (Fsp3) is 0.357. The molecule has 18 heavy (non-hydrogen) atoms. The highest BCUT2D eigenvalue weighted by Crippen LogP contribution is 2.39. The molecule has 0 unspecified atom stereocenters. The lowest BCUT2D eigenvalue weighted by Crippen LogP contribution is -2.06. The molecule has 0 atom stereocenters. The van der Waals surface area contributed by atoms with Crippen molar-refractivity contribution < 1.29 is 9.13 Å². The largest absolute Gasteiger partial charge is 0.491 e. The molecule has 94 valence electrons. The highest BCUT2D eigenvalue weighted by molar-refractivity contribution is 5.80. The quantitative estimate of drug-likeness (QED) is 0.906. The number of hydrogen-bond donors (Lipinski definition) is 1. The normalized spacial score (nSPS) is 15.0. The molecule has 1 heterocycles. The van der Waals surface area contributed by atoms with Crippen LogP contribution < -0.4 is 10.2 Å². The van der Waals surface area contributed by atoms with Gasteiger partial charge in [-0.1, -0.05) is 0 Å². The lowest BCUT2D eigenvalue weighted by Gasteiger charge is -2.07. The van der Waals surface area contributed by atoms with E-state index in [9.17, 15) is 9.18 Å². The first-order chi connectivity index (χ1) is 8.69. The summed E-state index contributed by atoms with van der Waals surface area (Å²) in [5, 5.41) is 0.476. The van der Waals surface area contributed by atoms with Crippen molar-refractivity contribution in [1.29, 1.82) is 0 Å². The van der Waals surface area contributed by atoms with Crippen molar-refractivity contribution in [3.8, 4) is 5.75 Å². The van der Waals surface area contributed by atoms with Crippen LogP contribution in [-0.4, -0.2) is 11.6 Å². The number of halogens is 1. The molecular formula is C14H14FNO2. The molecule has 4 heteroatoms. The predicted molar refractivity (Wildman–Crippen MR) is 67.7 cm³/mol. The molecule has 0 bridgehead atoms. The number of ether oxygens (including phenoxy) is 1. The van der Waals surface area contributed by atoms with E-state index in [0.717, 1.165) is 18.5 Å². The van der Waals surface area contributed by atoms with Crippen LogP contribution in [0.5, 0.6) is 5.75 Å². The zero-order valence-electron chi connectivity index (χ0n) is 10.1. The molecule has 0 amide bonds. The Morgan fingerprint density at radius 1 is 1.39 bits per heavy atom. The topological polar surface area (TPSA) is 42.1 Å². The lowest BCUT2D eigenvalue weighted by atomic mass is 10.1. The van der Waals surface area contributed by atoms with E-state index in [2.05, 4.69) is 4.98 Å². The summed E-state index contributed by atoms with van der Waals surface area (Å²) >= 11 is 0. The SMILES string of the molecule is CCOc1cc2c(=O)cc(C3CC3)[nH]c2cc1F. The van der Waals surface area contributed by atoms with Crippen LogP contribution in [0.2, 0.25) is 0 Å². The van der Waals surface area contributed by atoms with Crippen molar-refractivity contribution >= 4 is 10.9 Å². The Morgan fingerprint density at radius 3 is 2.83 bits per heavy atom. The smallest absolute Gasteiger partial charge is 0.189 e. The second-order valence-electron chi connectivity index (χ2n) is 4.62. The van der Waals surface area contributed by atoms with Gasteiger partial charge in [0, 0.05) is 23.2 Å². The first-order valence-corrected chi connectivity index (χ1v) is 6.18. The Bertz CT molecular complexity index is 659. The molecule has 1 fully saturated rings. The summed E-state index contributed by atoms with van der Waals surface area (Å²) in [7, 11) is 0. The summed E-state index contributed by atoms with van der Waals surface area (Å²) in [6.07, 6.45) is 2.20. The summed E-state index contributed by atoms with van der Waals surface area (Å²) in [5.41, 5.74) is 1.38. The first-order valence-electron chi connectivity index (χ1n) is 6.18. The Labute approximate surface area is 104 Å². The molecule has 1 aliphatic carbocycles. The summed E-state index contributed by atoms with van der Waals surface area (Å²) in [6.45, 7) is 2.16. The molecule has 1 N–H and O–H groups in total. The van der Waals surface area contributed by atoms with Crippen LogP contribution in [0.25, 0.3) is 10.9 Å². The van der Waals surface area contributed by atoms with E-state index < -0.39 is 5.82 Å². The third-order valence-electron chi connectivity index (χ3n) is 3.22. The van der Waals surface area contributed by atoms with Crippen molar-refractivity contribution in [1.82, 2.24) is 4.98 Å². The fourth-order valence-electron chi connectivity index (χ4n) is 2.15. The van der Waals surface area contributed by atoms with Crippen LogP contribution in [0.15, 0.2) is 23.0 Å². The Hall–Kier alpha value is -1.84.